The molecule has 0 saturated heterocycles. The van der Waals surface area contributed by atoms with Crippen LogP contribution < -0.4 is 16.4 Å². The number of nitrogens with zero attached hydrogens (tertiary/aromatic N) is 1. The van der Waals surface area contributed by atoms with Crippen molar-refractivity contribution < 1.29 is 14.5 Å². The first-order valence-corrected chi connectivity index (χ1v) is 7.18. The number of rotatable bonds is 1. The molecule has 4 N–H and O–H groups in total. The van der Waals surface area contributed by atoms with Gasteiger partial charge in [-0.2, -0.15) is 0 Å². The minimum absolute atomic E-state index is 0.000000000000000222. The fourth-order valence-corrected chi connectivity index (χ4v) is 2.58. The second-order valence-corrected chi connectivity index (χ2v) is 5.38. The first-order chi connectivity index (χ1) is 11.5. The van der Waals surface area contributed by atoms with E-state index in [4.69, 9.17) is 5.73 Å². The maximum Gasteiger partial charge on any atom is 0.269 e. The van der Waals surface area contributed by atoms with Gasteiger partial charge in [0.2, 0.25) is 0 Å². The SMILES string of the molecule is Nc1ccc2c(c1)CNC2=O.O=C1NCc2cc([N+](=O)[O-])ccc21. The van der Waals surface area contributed by atoms with Crippen LogP contribution in [0, 0.1) is 10.1 Å². The van der Waals surface area contributed by atoms with Crippen LogP contribution in [0.5, 0.6) is 0 Å². The number of nitrogens with two attached hydrogens (primary N) is 1. The molecule has 0 spiro atoms. The first-order valence-electron chi connectivity index (χ1n) is 7.18. The molecule has 0 bridgehead atoms. The third kappa shape index (κ3) is 2.89. The van der Waals surface area contributed by atoms with Gasteiger partial charge in [0.1, 0.15) is 0 Å². The van der Waals surface area contributed by atoms with Gasteiger partial charge in [-0.3, -0.25) is 19.7 Å². The van der Waals surface area contributed by atoms with Crippen LogP contribution >= 0.6 is 0 Å². The molecule has 0 unspecified atom stereocenters. The predicted molar refractivity (Wildman–Crippen MR) is 86.3 cm³/mol. The number of benzene rings is 2. The molecule has 2 aromatic rings. The van der Waals surface area contributed by atoms with E-state index in [1.54, 1.807) is 12.1 Å². The van der Waals surface area contributed by atoms with Crippen molar-refractivity contribution in [1.82, 2.24) is 10.6 Å². The van der Waals surface area contributed by atoms with Crippen LogP contribution in [0.15, 0.2) is 36.4 Å². The van der Waals surface area contributed by atoms with Crippen LogP contribution in [0.4, 0.5) is 11.4 Å². The molecule has 2 heterocycles. The fourth-order valence-electron chi connectivity index (χ4n) is 2.58. The van der Waals surface area contributed by atoms with Crippen molar-refractivity contribution in [3.05, 3.63) is 68.8 Å². The largest absolute Gasteiger partial charge is 0.399 e. The number of anilines is 1. The molecule has 0 aromatic heterocycles. The number of fused-ring (bicyclic) bond motifs is 2. The lowest BCUT2D eigenvalue weighted by atomic mass is 10.1. The fraction of sp³-hybridized carbons (Fsp3) is 0.125. The summed E-state index contributed by atoms with van der Waals surface area (Å²) in [6.45, 7) is 0.995. The standard InChI is InChI=1S/C8H6N2O3.C8H8N2O/c11-8-7-2-1-6(10(12)13)3-5(7)4-9-8;9-6-1-2-7-5(3-6)4-10-8(7)11/h1-3H,4H2,(H,9,11);1-3H,4,9H2,(H,10,11). The van der Waals surface area contributed by atoms with E-state index in [9.17, 15) is 19.7 Å². The van der Waals surface area contributed by atoms with E-state index in [1.807, 2.05) is 6.07 Å². The summed E-state index contributed by atoms with van der Waals surface area (Å²) < 4.78 is 0. The Labute approximate surface area is 136 Å². The number of nitrogens with one attached hydrogen (secondary N) is 2. The smallest absolute Gasteiger partial charge is 0.269 e. The van der Waals surface area contributed by atoms with Crippen molar-refractivity contribution >= 4 is 23.2 Å². The van der Waals surface area contributed by atoms with Gasteiger partial charge < -0.3 is 16.4 Å². The van der Waals surface area contributed by atoms with Gasteiger partial charge >= 0.3 is 0 Å². The molecular weight excluding hydrogens is 312 g/mol. The zero-order chi connectivity index (χ0) is 17.3. The Balaban J connectivity index is 0.000000143. The van der Waals surface area contributed by atoms with Crippen LogP contribution in [0.1, 0.15) is 31.8 Å². The van der Waals surface area contributed by atoms with Gasteiger partial charge in [0.05, 0.1) is 4.92 Å². The number of carbonyl (C=O) groups excluding carboxylic acids is 2. The summed E-state index contributed by atoms with van der Waals surface area (Å²) in [4.78, 5) is 32.0. The molecule has 0 aliphatic carbocycles. The lowest BCUT2D eigenvalue weighted by molar-refractivity contribution is -0.384. The summed E-state index contributed by atoms with van der Waals surface area (Å²) in [5.41, 5.74) is 9.24. The summed E-state index contributed by atoms with van der Waals surface area (Å²) in [6, 6.07) is 9.57. The van der Waals surface area contributed by atoms with Crippen LogP contribution in [0.25, 0.3) is 0 Å². The van der Waals surface area contributed by atoms with Crippen molar-refractivity contribution in [2.75, 3.05) is 5.73 Å². The molecule has 8 nitrogen and oxygen atoms in total. The molecule has 0 saturated carbocycles. The number of non-ortho nitro benzene ring substituents is 1. The molecule has 0 atom stereocenters. The van der Waals surface area contributed by atoms with Gasteiger partial charge in [-0.15, -0.1) is 0 Å². The van der Waals surface area contributed by atoms with Gasteiger partial charge in [-0.05, 0) is 35.4 Å². The minimum Gasteiger partial charge on any atom is -0.399 e. The highest BCUT2D eigenvalue weighted by Crippen LogP contribution is 2.21. The Hall–Kier alpha value is -3.42. The van der Waals surface area contributed by atoms with Gasteiger partial charge in [0.25, 0.3) is 17.5 Å². The number of carbonyl (C=O) groups is 2. The number of hydrogen-bond acceptors (Lipinski definition) is 5. The van der Waals surface area contributed by atoms with E-state index >= 15 is 0 Å². The summed E-state index contributed by atoms with van der Waals surface area (Å²) in [7, 11) is 0. The maximum atomic E-state index is 11.1. The van der Waals surface area contributed by atoms with E-state index < -0.39 is 4.92 Å². The number of hydrogen-bond donors (Lipinski definition) is 3. The summed E-state index contributed by atoms with van der Waals surface area (Å²) in [6.07, 6.45) is 0. The van der Waals surface area contributed by atoms with E-state index in [1.165, 1.54) is 18.2 Å². The molecule has 4 rings (SSSR count). The Morgan fingerprint density at radius 2 is 1.46 bits per heavy atom. The highest BCUT2D eigenvalue weighted by Gasteiger charge is 2.21. The Morgan fingerprint density at radius 3 is 2.04 bits per heavy atom. The van der Waals surface area contributed by atoms with Gasteiger partial charge in [-0.1, -0.05) is 0 Å². The maximum absolute atomic E-state index is 11.1. The van der Waals surface area contributed by atoms with E-state index in [2.05, 4.69) is 10.6 Å². The van der Waals surface area contributed by atoms with Crippen LogP contribution in [0.3, 0.4) is 0 Å². The number of nitrogen functional groups attached to an aromatic ring is 1. The predicted octanol–water partition coefficient (Wildman–Crippen LogP) is 1.35. The van der Waals surface area contributed by atoms with Gasteiger partial charge in [0, 0.05) is 42.0 Å². The molecule has 0 fully saturated rings. The molecule has 2 aliphatic heterocycles. The monoisotopic (exact) mass is 326 g/mol. The second kappa shape index (κ2) is 5.99. The third-order valence-electron chi connectivity index (χ3n) is 3.80. The van der Waals surface area contributed by atoms with Gasteiger partial charge in [-0.25, -0.2) is 0 Å². The average Bonchev–Trinajstić information content (AvgIpc) is 3.11. The topological polar surface area (TPSA) is 127 Å². The Morgan fingerprint density at radius 1 is 0.917 bits per heavy atom. The molecule has 0 radical (unpaired) electrons. The molecule has 8 heteroatoms. The average molecular weight is 326 g/mol. The molecule has 122 valence electrons. The number of amides is 2. The van der Waals surface area contributed by atoms with Crippen LogP contribution in [-0.4, -0.2) is 16.7 Å². The van der Waals surface area contributed by atoms with Crippen molar-refractivity contribution in [1.29, 1.82) is 0 Å². The van der Waals surface area contributed by atoms with E-state index in [0.717, 1.165) is 11.1 Å². The van der Waals surface area contributed by atoms with Crippen molar-refractivity contribution in [2.24, 2.45) is 0 Å². The van der Waals surface area contributed by atoms with Crippen LogP contribution in [-0.2, 0) is 13.1 Å². The Bertz CT molecular complexity index is 863. The lowest BCUT2D eigenvalue weighted by Gasteiger charge is -1.95. The summed E-state index contributed by atoms with van der Waals surface area (Å²) >= 11 is 0. The Kier molecular flexibility index (Phi) is 3.87. The molecular formula is C16H14N4O4. The third-order valence-corrected chi connectivity index (χ3v) is 3.80. The number of nitro groups is 1. The zero-order valence-corrected chi connectivity index (χ0v) is 12.5. The molecule has 2 aromatic carbocycles. The van der Waals surface area contributed by atoms with Crippen molar-refractivity contribution in [2.45, 2.75) is 13.1 Å². The highest BCUT2D eigenvalue weighted by atomic mass is 16.6. The van der Waals surface area contributed by atoms with E-state index in [0.29, 0.717) is 29.9 Å². The highest BCUT2D eigenvalue weighted by molar-refractivity contribution is 5.99. The zero-order valence-electron chi connectivity index (χ0n) is 12.5. The first kappa shape index (κ1) is 15.5. The van der Waals surface area contributed by atoms with E-state index in [-0.39, 0.29) is 17.5 Å². The molecule has 2 amide bonds. The molecule has 2 aliphatic rings. The molecule has 24 heavy (non-hydrogen) atoms. The summed E-state index contributed by atoms with van der Waals surface area (Å²) in [5.74, 6) is -0.162. The van der Waals surface area contributed by atoms with Crippen molar-refractivity contribution in [3.8, 4) is 0 Å². The lowest BCUT2D eigenvalue weighted by Crippen LogP contribution is -2.12. The second-order valence-electron chi connectivity index (χ2n) is 5.38. The minimum atomic E-state index is -0.469. The quantitative estimate of drug-likeness (QED) is 0.414. The normalized spacial score (nSPS) is 14.0. The number of nitro benzene ring substituents is 1. The van der Waals surface area contributed by atoms with Crippen LogP contribution in [0.2, 0.25) is 0 Å². The van der Waals surface area contributed by atoms with Crippen molar-refractivity contribution in [3.63, 3.8) is 0 Å². The van der Waals surface area contributed by atoms with Gasteiger partial charge in [0.15, 0.2) is 0 Å². The summed E-state index contributed by atoms with van der Waals surface area (Å²) in [5, 5.41) is 15.7.